The van der Waals surface area contributed by atoms with E-state index in [0.29, 0.717) is 23.9 Å². The molecule has 0 unspecified atom stereocenters. The second-order valence-electron chi connectivity index (χ2n) is 4.41. The number of carbonyl (C=O) groups is 1. The van der Waals surface area contributed by atoms with Gasteiger partial charge in [-0.05, 0) is 6.92 Å². The number of hydrogen-bond acceptors (Lipinski definition) is 6. The molecule has 0 radical (unpaired) electrons. The molecule has 0 saturated heterocycles. The Bertz CT molecular complexity index is 636. The van der Waals surface area contributed by atoms with Crippen LogP contribution in [0.25, 0.3) is 0 Å². The molecule has 1 amide bonds. The van der Waals surface area contributed by atoms with Crippen LogP contribution in [0.5, 0.6) is 0 Å². The van der Waals surface area contributed by atoms with Crippen LogP contribution < -0.4 is 16.0 Å². The van der Waals surface area contributed by atoms with Crippen LogP contribution in [0.2, 0.25) is 0 Å². The molecule has 20 heavy (non-hydrogen) atoms. The lowest BCUT2D eigenvalue weighted by molar-refractivity contribution is -0.114. The van der Waals surface area contributed by atoms with Crippen LogP contribution in [0.4, 0.5) is 17.3 Å². The van der Waals surface area contributed by atoms with Crippen LogP contribution in [-0.4, -0.2) is 32.2 Å². The Kier molecular flexibility index (Phi) is 3.20. The average molecular weight is 273 g/mol. The maximum Gasteiger partial charge on any atom is 0.243 e. The quantitative estimate of drug-likeness (QED) is 0.757. The van der Waals surface area contributed by atoms with Crippen molar-refractivity contribution in [2.45, 2.75) is 20.0 Å². The third-order valence-electron chi connectivity index (χ3n) is 3.00. The number of aromatic nitrogens is 4. The van der Waals surface area contributed by atoms with E-state index < -0.39 is 0 Å². The first-order valence-corrected chi connectivity index (χ1v) is 6.40. The number of rotatable bonds is 4. The first-order valence-electron chi connectivity index (χ1n) is 6.40. The van der Waals surface area contributed by atoms with E-state index in [1.165, 1.54) is 6.33 Å². The Balaban J connectivity index is 1.76. The van der Waals surface area contributed by atoms with Gasteiger partial charge in [0.15, 0.2) is 11.6 Å². The summed E-state index contributed by atoms with van der Waals surface area (Å²) in [5.74, 6) is 1.13. The highest BCUT2D eigenvalue weighted by atomic mass is 16.2. The zero-order chi connectivity index (χ0) is 13.9. The van der Waals surface area contributed by atoms with Gasteiger partial charge in [-0.15, -0.1) is 0 Å². The number of carbonyl (C=O) groups excluding carboxylic acids is 1. The Morgan fingerprint density at radius 2 is 2.35 bits per heavy atom. The fourth-order valence-electron chi connectivity index (χ4n) is 1.98. The third kappa shape index (κ3) is 2.40. The molecule has 2 aromatic rings. The predicted molar refractivity (Wildman–Crippen MR) is 74.4 cm³/mol. The Morgan fingerprint density at radius 3 is 3.15 bits per heavy atom. The van der Waals surface area contributed by atoms with Crippen LogP contribution in [0, 0.1) is 0 Å². The van der Waals surface area contributed by atoms with Gasteiger partial charge in [-0.25, -0.2) is 9.97 Å². The van der Waals surface area contributed by atoms with E-state index in [4.69, 9.17) is 0 Å². The van der Waals surface area contributed by atoms with Crippen molar-refractivity contribution in [3.8, 4) is 0 Å². The van der Waals surface area contributed by atoms with Gasteiger partial charge in [0.05, 0.1) is 12.7 Å². The van der Waals surface area contributed by atoms with Gasteiger partial charge in [-0.2, -0.15) is 5.10 Å². The summed E-state index contributed by atoms with van der Waals surface area (Å²) in [5.41, 5.74) is 1.64. The maximum atomic E-state index is 11.4. The molecular formula is C12H15N7O. The lowest BCUT2D eigenvalue weighted by atomic mass is 10.3. The molecule has 1 aliphatic heterocycles. The summed E-state index contributed by atoms with van der Waals surface area (Å²) in [5, 5.41) is 13.1. The second kappa shape index (κ2) is 5.16. The fraction of sp³-hybridized carbons (Fsp3) is 0.333. The second-order valence-corrected chi connectivity index (χ2v) is 4.41. The largest absolute Gasteiger partial charge is 0.364 e. The minimum Gasteiger partial charge on any atom is -0.364 e. The fourth-order valence-corrected chi connectivity index (χ4v) is 1.98. The van der Waals surface area contributed by atoms with Crippen molar-refractivity contribution in [2.24, 2.45) is 0 Å². The Morgan fingerprint density at radius 1 is 1.45 bits per heavy atom. The molecule has 0 aliphatic carbocycles. The van der Waals surface area contributed by atoms with Gasteiger partial charge in [0.1, 0.15) is 12.0 Å². The number of hydrogen-bond donors (Lipinski definition) is 3. The zero-order valence-electron chi connectivity index (χ0n) is 11.1. The molecule has 104 valence electrons. The van der Waals surface area contributed by atoms with Crippen molar-refractivity contribution in [3.05, 3.63) is 24.3 Å². The van der Waals surface area contributed by atoms with E-state index in [-0.39, 0.29) is 12.5 Å². The minimum absolute atomic E-state index is 0.103. The molecule has 0 atom stereocenters. The highest BCUT2D eigenvalue weighted by Gasteiger charge is 2.19. The number of anilines is 3. The van der Waals surface area contributed by atoms with Crippen LogP contribution >= 0.6 is 0 Å². The Hall–Kier alpha value is -2.64. The number of amides is 1. The highest BCUT2D eigenvalue weighted by Crippen LogP contribution is 2.28. The van der Waals surface area contributed by atoms with Crippen LogP contribution in [0.3, 0.4) is 0 Å². The van der Waals surface area contributed by atoms with Gasteiger partial charge in [0.2, 0.25) is 5.91 Å². The van der Waals surface area contributed by atoms with Crippen LogP contribution in [0.1, 0.15) is 12.5 Å². The standard InChI is InChI=1S/C12H15N7O/c1-2-19-6-8(4-17-19)3-13-11-10-12(16-7-15-11)14-5-9(20)18-10/h4,6-7H,2-3,5H2,1H3,(H,18,20)(H2,13,14,15,16). The number of nitrogens with one attached hydrogen (secondary N) is 3. The van der Waals surface area contributed by atoms with Crippen molar-refractivity contribution in [1.82, 2.24) is 19.7 Å². The summed E-state index contributed by atoms with van der Waals surface area (Å²) in [7, 11) is 0. The van der Waals surface area contributed by atoms with E-state index in [1.54, 1.807) is 6.20 Å². The topological polar surface area (TPSA) is 96.8 Å². The molecule has 0 aromatic carbocycles. The first-order chi connectivity index (χ1) is 9.76. The lowest BCUT2D eigenvalue weighted by Gasteiger charge is -2.19. The van der Waals surface area contributed by atoms with E-state index in [1.807, 2.05) is 17.8 Å². The normalized spacial score (nSPS) is 13.3. The molecule has 8 nitrogen and oxygen atoms in total. The predicted octanol–water partition coefficient (Wildman–Crippen LogP) is 0.669. The molecule has 0 saturated carbocycles. The molecule has 0 fully saturated rings. The van der Waals surface area contributed by atoms with Gasteiger partial charge in [0.25, 0.3) is 0 Å². The van der Waals surface area contributed by atoms with Gasteiger partial charge < -0.3 is 16.0 Å². The summed E-state index contributed by atoms with van der Waals surface area (Å²) >= 11 is 0. The van der Waals surface area contributed by atoms with E-state index in [2.05, 4.69) is 31.0 Å². The molecule has 2 aromatic heterocycles. The van der Waals surface area contributed by atoms with Crippen molar-refractivity contribution < 1.29 is 4.79 Å². The molecule has 0 spiro atoms. The molecule has 1 aliphatic rings. The molecule has 3 heterocycles. The van der Waals surface area contributed by atoms with E-state index in [9.17, 15) is 4.79 Å². The highest BCUT2D eigenvalue weighted by molar-refractivity contribution is 6.02. The SMILES string of the molecule is CCn1cc(CNc2ncnc3c2NC(=O)CN3)cn1. The van der Waals surface area contributed by atoms with Gasteiger partial charge in [-0.1, -0.05) is 0 Å². The molecule has 0 bridgehead atoms. The van der Waals surface area contributed by atoms with Crippen LogP contribution in [-0.2, 0) is 17.9 Å². The maximum absolute atomic E-state index is 11.4. The van der Waals surface area contributed by atoms with Crippen molar-refractivity contribution in [2.75, 3.05) is 22.5 Å². The van der Waals surface area contributed by atoms with Crippen LogP contribution in [0.15, 0.2) is 18.7 Å². The molecular weight excluding hydrogens is 258 g/mol. The van der Waals surface area contributed by atoms with Crippen molar-refractivity contribution >= 4 is 23.2 Å². The summed E-state index contributed by atoms with van der Waals surface area (Å²) in [4.78, 5) is 19.7. The lowest BCUT2D eigenvalue weighted by Crippen LogP contribution is -2.29. The minimum atomic E-state index is -0.103. The summed E-state index contributed by atoms with van der Waals surface area (Å²) in [6, 6.07) is 0. The van der Waals surface area contributed by atoms with Crippen molar-refractivity contribution in [1.29, 1.82) is 0 Å². The summed E-state index contributed by atoms with van der Waals surface area (Å²) < 4.78 is 1.86. The monoisotopic (exact) mass is 273 g/mol. The third-order valence-corrected chi connectivity index (χ3v) is 3.00. The van der Waals surface area contributed by atoms with E-state index in [0.717, 1.165) is 12.1 Å². The zero-order valence-corrected chi connectivity index (χ0v) is 11.1. The Labute approximate surface area is 115 Å². The van der Waals surface area contributed by atoms with Gasteiger partial charge in [-0.3, -0.25) is 9.48 Å². The summed E-state index contributed by atoms with van der Waals surface area (Å²) in [6.45, 7) is 3.68. The average Bonchev–Trinajstić information content (AvgIpc) is 2.93. The number of nitrogens with zero attached hydrogens (tertiary/aromatic N) is 4. The van der Waals surface area contributed by atoms with Gasteiger partial charge in [0, 0.05) is 24.8 Å². The molecule has 8 heteroatoms. The molecule has 3 rings (SSSR count). The van der Waals surface area contributed by atoms with Crippen molar-refractivity contribution in [3.63, 3.8) is 0 Å². The smallest absolute Gasteiger partial charge is 0.243 e. The number of aryl methyl sites for hydroxylation is 1. The summed E-state index contributed by atoms with van der Waals surface area (Å²) in [6.07, 6.45) is 5.24. The van der Waals surface area contributed by atoms with Gasteiger partial charge >= 0.3 is 0 Å². The number of fused-ring (bicyclic) bond motifs is 1. The first kappa shape index (κ1) is 12.4. The van der Waals surface area contributed by atoms with E-state index >= 15 is 0 Å². The molecule has 3 N–H and O–H groups in total.